The summed E-state index contributed by atoms with van der Waals surface area (Å²) in [7, 11) is 0. The minimum atomic E-state index is -0.563. The van der Waals surface area contributed by atoms with Crippen LogP contribution >= 0.6 is 22.6 Å². The first-order valence-corrected chi connectivity index (χ1v) is 8.77. The van der Waals surface area contributed by atoms with Crippen LogP contribution < -0.4 is 10.1 Å². The van der Waals surface area contributed by atoms with Crippen LogP contribution in [0.15, 0.2) is 18.2 Å². The third kappa shape index (κ3) is 3.53. The third-order valence-electron chi connectivity index (χ3n) is 4.49. The Morgan fingerprint density at radius 1 is 1.41 bits per heavy atom. The molecule has 1 N–H and O–H groups in total. The van der Waals surface area contributed by atoms with Crippen LogP contribution in [0, 0.1) is 9.49 Å². The Balaban J connectivity index is 1.72. The predicted molar refractivity (Wildman–Crippen MR) is 91.0 cm³/mol. The number of hydrogen-bond acceptors (Lipinski definition) is 3. The van der Waals surface area contributed by atoms with E-state index >= 15 is 0 Å². The van der Waals surface area contributed by atoms with E-state index in [1.807, 2.05) is 6.07 Å². The maximum absolute atomic E-state index is 12.6. The lowest BCUT2D eigenvalue weighted by Gasteiger charge is -2.44. The first-order valence-electron chi connectivity index (χ1n) is 7.69. The fraction of sp³-hybridized carbons (Fsp3) is 0.562. The monoisotopic (exact) mass is 418 g/mol. The number of halogens is 2. The van der Waals surface area contributed by atoms with E-state index in [-0.39, 0.29) is 18.6 Å². The first-order chi connectivity index (χ1) is 10.7. The molecule has 3 saturated heterocycles. The number of rotatable bonds is 5. The molecule has 3 aliphatic rings. The number of nitrogens with zero attached hydrogens (tertiary/aromatic N) is 1. The number of fused-ring (bicyclic) bond motifs is 3. The van der Waals surface area contributed by atoms with Crippen LogP contribution in [0.5, 0.6) is 5.75 Å². The van der Waals surface area contributed by atoms with Gasteiger partial charge in [0.05, 0.1) is 5.56 Å². The zero-order valence-corrected chi connectivity index (χ0v) is 14.5. The molecule has 3 heterocycles. The van der Waals surface area contributed by atoms with E-state index in [0.717, 1.165) is 36.0 Å². The summed E-state index contributed by atoms with van der Waals surface area (Å²) in [4.78, 5) is 15.0. The summed E-state index contributed by atoms with van der Waals surface area (Å²) in [5, 5.41) is 3.15. The van der Waals surface area contributed by atoms with Crippen molar-refractivity contribution in [2.24, 2.45) is 5.92 Å². The fourth-order valence-corrected chi connectivity index (χ4v) is 3.82. The summed E-state index contributed by atoms with van der Waals surface area (Å²) in [6.45, 7) is 2.63. The summed E-state index contributed by atoms with van der Waals surface area (Å²) >= 11 is 2.16. The highest BCUT2D eigenvalue weighted by molar-refractivity contribution is 14.1. The zero-order chi connectivity index (χ0) is 15.5. The second-order valence-electron chi connectivity index (χ2n) is 5.90. The van der Waals surface area contributed by atoms with Crippen molar-refractivity contribution in [2.45, 2.75) is 18.9 Å². The van der Waals surface area contributed by atoms with Gasteiger partial charge in [0.2, 0.25) is 0 Å². The van der Waals surface area contributed by atoms with Gasteiger partial charge in [-0.3, -0.25) is 4.79 Å². The number of amides is 1. The molecule has 1 unspecified atom stereocenters. The van der Waals surface area contributed by atoms with Crippen molar-refractivity contribution >= 4 is 28.5 Å². The van der Waals surface area contributed by atoms with Crippen LogP contribution in [0.1, 0.15) is 23.2 Å². The van der Waals surface area contributed by atoms with Crippen LogP contribution in [0.2, 0.25) is 0 Å². The number of alkyl halides is 1. The summed E-state index contributed by atoms with van der Waals surface area (Å²) < 4.78 is 18.7. The Bertz CT molecular complexity index is 547. The Labute approximate surface area is 143 Å². The molecule has 6 heteroatoms. The average molecular weight is 418 g/mol. The van der Waals surface area contributed by atoms with Crippen molar-refractivity contribution < 1.29 is 13.9 Å². The first kappa shape index (κ1) is 16.0. The normalized spacial score (nSPS) is 26.7. The quantitative estimate of drug-likeness (QED) is 0.748. The van der Waals surface area contributed by atoms with Gasteiger partial charge in [0.15, 0.2) is 0 Å². The summed E-state index contributed by atoms with van der Waals surface area (Å²) in [5.74, 6) is 0.912. The summed E-state index contributed by atoms with van der Waals surface area (Å²) in [6.07, 6.45) is 2.31. The van der Waals surface area contributed by atoms with Gasteiger partial charge in [-0.2, -0.15) is 0 Å². The van der Waals surface area contributed by atoms with Crippen LogP contribution in [0.25, 0.3) is 0 Å². The second-order valence-corrected chi connectivity index (χ2v) is 7.14. The lowest BCUT2D eigenvalue weighted by Crippen LogP contribution is -2.57. The molecule has 2 bridgehead atoms. The van der Waals surface area contributed by atoms with Crippen molar-refractivity contribution in [3.8, 4) is 5.75 Å². The highest BCUT2D eigenvalue weighted by atomic mass is 127. The molecule has 0 aromatic heterocycles. The molecule has 1 atom stereocenters. The van der Waals surface area contributed by atoms with E-state index in [1.54, 1.807) is 12.1 Å². The van der Waals surface area contributed by atoms with Crippen LogP contribution in [-0.2, 0) is 0 Å². The molecule has 0 radical (unpaired) electrons. The molecule has 3 aliphatic heterocycles. The highest BCUT2D eigenvalue weighted by Gasteiger charge is 2.35. The van der Waals surface area contributed by atoms with Crippen molar-refractivity contribution in [2.75, 3.05) is 32.9 Å². The second kappa shape index (κ2) is 7.12. The van der Waals surface area contributed by atoms with Gasteiger partial charge in [0, 0.05) is 16.2 Å². The van der Waals surface area contributed by atoms with Gasteiger partial charge < -0.3 is 15.0 Å². The van der Waals surface area contributed by atoms with Gasteiger partial charge in [0.25, 0.3) is 5.91 Å². The minimum Gasteiger partial charge on any atom is -0.490 e. The number of carbonyl (C=O) groups excluding carboxylic acids is 1. The molecule has 1 aromatic rings. The lowest BCUT2D eigenvalue weighted by molar-refractivity contribution is 0.0618. The van der Waals surface area contributed by atoms with Gasteiger partial charge in [-0.1, -0.05) is 0 Å². The molecule has 0 saturated carbocycles. The van der Waals surface area contributed by atoms with Crippen molar-refractivity contribution in [1.82, 2.24) is 10.2 Å². The molecular weight excluding hydrogens is 398 g/mol. The molecule has 1 amide bonds. The largest absolute Gasteiger partial charge is 0.490 e. The number of carbonyl (C=O) groups is 1. The zero-order valence-electron chi connectivity index (χ0n) is 12.4. The van der Waals surface area contributed by atoms with E-state index in [9.17, 15) is 9.18 Å². The molecular formula is C16H20FIN2O2. The maximum atomic E-state index is 12.6. The number of nitrogens with one attached hydrogen (secondary N) is 1. The van der Waals surface area contributed by atoms with E-state index in [2.05, 4.69) is 32.8 Å². The average Bonchev–Trinajstić information content (AvgIpc) is 2.54. The fourth-order valence-electron chi connectivity index (χ4n) is 3.33. The van der Waals surface area contributed by atoms with Gasteiger partial charge in [-0.05, 0) is 72.6 Å². The van der Waals surface area contributed by atoms with Crippen LogP contribution in [-0.4, -0.2) is 49.8 Å². The number of piperidine rings is 3. The predicted octanol–water partition coefficient (Wildman–Crippen LogP) is 2.46. The van der Waals surface area contributed by atoms with Gasteiger partial charge in [-0.25, -0.2) is 4.39 Å². The topological polar surface area (TPSA) is 41.6 Å². The molecule has 4 rings (SSSR count). The molecule has 0 spiro atoms. The Morgan fingerprint density at radius 2 is 2.18 bits per heavy atom. The molecule has 1 aromatic carbocycles. The van der Waals surface area contributed by atoms with E-state index in [0.29, 0.717) is 17.2 Å². The molecule has 22 heavy (non-hydrogen) atoms. The number of ether oxygens (including phenoxy) is 1. The highest BCUT2D eigenvalue weighted by Crippen LogP contribution is 2.28. The summed E-state index contributed by atoms with van der Waals surface area (Å²) in [5.41, 5.74) is 0.497. The number of benzene rings is 1. The standard InChI is InChI=1S/C16H20FIN2O2/c17-5-8-22-15-2-1-12(18)9-13(15)16(21)19-14-10-20-6-3-11(14)4-7-20/h1-2,9,11,14H,3-8,10H2,(H,19,21). The van der Waals surface area contributed by atoms with Crippen molar-refractivity contribution in [3.63, 3.8) is 0 Å². The van der Waals surface area contributed by atoms with Gasteiger partial charge >= 0.3 is 0 Å². The maximum Gasteiger partial charge on any atom is 0.255 e. The van der Waals surface area contributed by atoms with E-state index in [1.165, 1.54) is 0 Å². The molecule has 0 aliphatic carbocycles. The van der Waals surface area contributed by atoms with E-state index < -0.39 is 6.67 Å². The Kier molecular flexibility index (Phi) is 5.18. The van der Waals surface area contributed by atoms with Crippen molar-refractivity contribution in [1.29, 1.82) is 0 Å². The Morgan fingerprint density at radius 3 is 2.82 bits per heavy atom. The van der Waals surface area contributed by atoms with E-state index in [4.69, 9.17) is 4.74 Å². The van der Waals surface area contributed by atoms with Crippen LogP contribution in [0.3, 0.4) is 0 Å². The van der Waals surface area contributed by atoms with Gasteiger partial charge in [-0.15, -0.1) is 0 Å². The van der Waals surface area contributed by atoms with Crippen molar-refractivity contribution in [3.05, 3.63) is 27.3 Å². The SMILES string of the molecule is O=C(NC1CN2CCC1CC2)c1cc(I)ccc1OCCF. The van der Waals surface area contributed by atoms with Crippen LogP contribution in [0.4, 0.5) is 4.39 Å². The third-order valence-corrected chi connectivity index (χ3v) is 5.16. The number of hydrogen-bond donors (Lipinski definition) is 1. The minimum absolute atomic E-state index is 0.0271. The molecule has 120 valence electrons. The molecule has 3 fully saturated rings. The smallest absolute Gasteiger partial charge is 0.255 e. The molecule has 4 nitrogen and oxygen atoms in total. The van der Waals surface area contributed by atoms with Gasteiger partial charge in [0.1, 0.15) is 19.0 Å². The lowest BCUT2D eigenvalue weighted by atomic mass is 9.84. The summed E-state index contributed by atoms with van der Waals surface area (Å²) in [6, 6.07) is 5.61. The Hall–Kier alpha value is -0.890.